The standard InChI is InChI=1S/C15H25N3OS/c1-3-4-10-17-15(16-2)18-11-12-20(19)13-14-8-6-5-7-9-14/h5-9H,3-4,10-13H2,1-2H3,(H2,16,17,18). The van der Waals surface area contributed by atoms with Crippen LogP contribution in [-0.4, -0.2) is 36.1 Å². The maximum atomic E-state index is 12.0. The van der Waals surface area contributed by atoms with Crippen LogP contribution >= 0.6 is 0 Å². The molecule has 0 saturated heterocycles. The predicted molar refractivity (Wildman–Crippen MR) is 87.4 cm³/mol. The van der Waals surface area contributed by atoms with E-state index >= 15 is 0 Å². The summed E-state index contributed by atoms with van der Waals surface area (Å²) < 4.78 is 12.0. The molecule has 1 aromatic carbocycles. The molecular weight excluding hydrogens is 270 g/mol. The minimum Gasteiger partial charge on any atom is -0.356 e. The maximum Gasteiger partial charge on any atom is 0.191 e. The second kappa shape index (κ2) is 10.4. The minimum atomic E-state index is -0.842. The molecule has 0 radical (unpaired) electrons. The van der Waals surface area contributed by atoms with Gasteiger partial charge in [0.05, 0.1) is 0 Å². The molecule has 1 aromatic rings. The lowest BCUT2D eigenvalue weighted by molar-refractivity contribution is 0.680. The van der Waals surface area contributed by atoms with Crippen LogP contribution in [0.4, 0.5) is 0 Å². The van der Waals surface area contributed by atoms with Gasteiger partial charge in [-0.05, 0) is 12.0 Å². The molecule has 0 amide bonds. The molecule has 1 rings (SSSR count). The summed E-state index contributed by atoms with van der Waals surface area (Å²) in [6.45, 7) is 3.75. The van der Waals surface area contributed by atoms with Crippen molar-refractivity contribution in [1.82, 2.24) is 10.6 Å². The Balaban J connectivity index is 2.20. The quantitative estimate of drug-likeness (QED) is 0.437. The molecule has 5 heteroatoms. The summed E-state index contributed by atoms with van der Waals surface area (Å²) in [5, 5.41) is 6.42. The highest BCUT2D eigenvalue weighted by Gasteiger charge is 2.02. The smallest absolute Gasteiger partial charge is 0.191 e. The van der Waals surface area contributed by atoms with E-state index in [2.05, 4.69) is 22.5 Å². The number of benzene rings is 1. The van der Waals surface area contributed by atoms with Crippen LogP contribution in [0.1, 0.15) is 25.3 Å². The number of guanidine groups is 1. The van der Waals surface area contributed by atoms with E-state index in [9.17, 15) is 4.21 Å². The van der Waals surface area contributed by atoms with Crippen molar-refractivity contribution in [2.75, 3.05) is 25.9 Å². The fourth-order valence-electron chi connectivity index (χ4n) is 1.72. The van der Waals surface area contributed by atoms with Crippen LogP contribution in [0.2, 0.25) is 0 Å². The molecule has 0 aromatic heterocycles. The number of unbranched alkanes of at least 4 members (excludes halogenated alkanes) is 1. The first-order chi connectivity index (χ1) is 9.76. The van der Waals surface area contributed by atoms with Crippen LogP contribution in [-0.2, 0) is 16.6 Å². The van der Waals surface area contributed by atoms with Crippen LogP contribution in [0.3, 0.4) is 0 Å². The third-order valence-corrected chi connectivity index (χ3v) is 4.15. The lowest BCUT2D eigenvalue weighted by Crippen LogP contribution is -2.39. The molecule has 20 heavy (non-hydrogen) atoms. The normalized spacial score (nSPS) is 13.0. The molecule has 0 fully saturated rings. The molecule has 0 aliphatic heterocycles. The van der Waals surface area contributed by atoms with Crippen molar-refractivity contribution in [3.63, 3.8) is 0 Å². The zero-order valence-electron chi connectivity index (χ0n) is 12.4. The fourth-order valence-corrected chi connectivity index (χ4v) is 2.76. The largest absolute Gasteiger partial charge is 0.356 e. The van der Waals surface area contributed by atoms with E-state index in [1.54, 1.807) is 7.05 Å². The highest BCUT2D eigenvalue weighted by atomic mass is 32.2. The van der Waals surface area contributed by atoms with Gasteiger partial charge in [-0.3, -0.25) is 9.20 Å². The van der Waals surface area contributed by atoms with Crippen LogP contribution in [0, 0.1) is 0 Å². The van der Waals surface area contributed by atoms with E-state index < -0.39 is 10.8 Å². The number of hydrogen-bond donors (Lipinski definition) is 2. The Bertz CT molecular complexity index is 420. The molecule has 4 nitrogen and oxygen atoms in total. The highest BCUT2D eigenvalue weighted by molar-refractivity contribution is 7.84. The highest BCUT2D eigenvalue weighted by Crippen LogP contribution is 2.02. The van der Waals surface area contributed by atoms with Gasteiger partial charge in [-0.2, -0.15) is 0 Å². The molecular formula is C15H25N3OS. The zero-order chi connectivity index (χ0) is 14.6. The molecule has 1 unspecified atom stereocenters. The van der Waals surface area contributed by atoms with Gasteiger partial charge in [0.25, 0.3) is 0 Å². The first-order valence-electron chi connectivity index (χ1n) is 7.09. The number of nitrogens with zero attached hydrogens (tertiary/aromatic N) is 1. The Kier molecular flexibility index (Phi) is 8.71. The molecule has 1 atom stereocenters. The molecule has 112 valence electrons. The monoisotopic (exact) mass is 295 g/mol. The van der Waals surface area contributed by atoms with Gasteiger partial charge < -0.3 is 10.6 Å². The summed E-state index contributed by atoms with van der Waals surface area (Å²) in [7, 11) is 0.910. The molecule has 0 bridgehead atoms. The van der Waals surface area contributed by atoms with Gasteiger partial charge in [0.1, 0.15) is 0 Å². The average molecular weight is 295 g/mol. The van der Waals surface area contributed by atoms with Crippen LogP contribution in [0.25, 0.3) is 0 Å². The Morgan fingerprint density at radius 1 is 1.20 bits per heavy atom. The van der Waals surface area contributed by atoms with Gasteiger partial charge >= 0.3 is 0 Å². The van der Waals surface area contributed by atoms with Crippen molar-refractivity contribution in [2.45, 2.75) is 25.5 Å². The second-order valence-electron chi connectivity index (χ2n) is 4.55. The first kappa shape index (κ1) is 16.7. The second-order valence-corrected chi connectivity index (χ2v) is 6.13. The van der Waals surface area contributed by atoms with Crippen LogP contribution < -0.4 is 10.6 Å². The van der Waals surface area contributed by atoms with Crippen molar-refractivity contribution in [3.8, 4) is 0 Å². The van der Waals surface area contributed by atoms with E-state index in [0.29, 0.717) is 18.1 Å². The topological polar surface area (TPSA) is 53.5 Å². The molecule has 0 aliphatic rings. The number of nitrogens with one attached hydrogen (secondary N) is 2. The van der Waals surface area contributed by atoms with Crippen molar-refractivity contribution >= 4 is 16.8 Å². The van der Waals surface area contributed by atoms with Gasteiger partial charge in [0.15, 0.2) is 5.96 Å². The van der Waals surface area contributed by atoms with E-state index in [-0.39, 0.29) is 0 Å². The molecule has 0 spiro atoms. The SMILES string of the molecule is CCCCNC(=NC)NCCS(=O)Cc1ccccc1. The summed E-state index contributed by atoms with van der Waals surface area (Å²) in [6, 6.07) is 9.95. The van der Waals surface area contributed by atoms with Gasteiger partial charge in [0.2, 0.25) is 0 Å². The predicted octanol–water partition coefficient (Wildman–Crippen LogP) is 1.90. The molecule has 0 aliphatic carbocycles. The summed E-state index contributed by atoms with van der Waals surface area (Å²) in [4.78, 5) is 4.14. The first-order valence-corrected chi connectivity index (χ1v) is 8.58. The Morgan fingerprint density at radius 2 is 1.90 bits per heavy atom. The summed E-state index contributed by atoms with van der Waals surface area (Å²) >= 11 is 0. The van der Waals surface area contributed by atoms with Crippen molar-refractivity contribution in [2.24, 2.45) is 4.99 Å². The van der Waals surface area contributed by atoms with Crippen LogP contribution in [0.15, 0.2) is 35.3 Å². The van der Waals surface area contributed by atoms with Crippen molar-refractivity contribution in [3.05, 3.63) is 35.9 Å². The third-order valence-electron chi connectivity index (χ3n) is 2.84. The van der Waals surface area contributed by atoms with Crippen LogP contribution in [0.5, 0.6) is 0 Å². The van der Waals surface area contributed by atoms with E-state index in [1.165, 1.54) is 0 Å². The maximum absolute atomic E-state index is 12.0. The number of rotatable bonds is 8. The lowest BCUT2D eigenvalue weighted by atomic mass is 10.2. The lowest BCUT2D eigenvalue weighted by Gasteiger charge is -2.11. The van der Waals surface area contributed by atoms with Gasteiger partial charge in [-0.25, -0.2) is 0 Å². The van der Waals surface area contributed by atoms with Crippen molar-refractivity contribution < 1.29 is 4.21 Å². The fraction of sp³-hybridized carbons (Fsp3) is 0.533. The van der Waals surface area contributed by atoms with Gasteiger partial charge in [-0.1, -0.05) is 43.7 Å². The Hall–Kier alpha value is -1.36. The zero-order valence-corrected chi connectivity index (χ0v) is 13.2. The minimum absolute atomic E-state index is 0.615. The summed E-state index contributed by atoms with van der Waals surface area (Å²) in [6.07, 6.45) is 2.28. The Morgan fingerprint density at radius 3 is 2.55 bits per heavy atom. The number of hydrogen-bond acceptors (Lipinski definition) is 2. The summed E-state index contributed by atoms with van der Waals surface area (Å²) in [5.41, 5.74) is 1.12. The van der Waals surface area contributed by atoms with E-state index in [0.717, 1.165) is 30.9 Å². The molecule has 0 heterocycles. The van der Waals surface area contributed by atoms with E-state index in [4.69, 9.17) is 0 Å². The number of aliphatic imine (C=N–C) groups is 1. The van der Waals surface area contributed by atoms with Crippen molar-refractivity contribution in [1.29, 1.82) is 0 Å². The summed E-state index contributed by atoms with van der Waals surface area (Å²) in [5.74, 6) is 2.03. The van der Waals surface area contributed by atoms with E-state index in [1.807, 2.05) is 30.3 Å². The molecule has 2 N–H and O–H groups in total. The Labute approximate surface area is 124 Å². The molecule has 0 saturated carbocycles. The average Bonchev–Trinajstić information content (AvgIpc) is 2.47. The third kappa shape index (κ3) is 7.28. The van der Waals surface area contributed by atoms with Gasteiger partial charge in [0, 0.05) is 42.4 Å². The van der Waals surface area contributed by atoms with Gasteiger partial charge in [-0.15, -0.1) is 0 Å².